The van der Waals surface area contributed by atoms with E-state index in [4.69, 9.17) is 9.47 Å². The summed E-state index contributed by atoms with van der Waals surface area (Å²) in [5.74, 6) is 1.33. The van der Waals surface area contributed by atoms with Crippen LogP contribution in [0.5, 0.6) is 11.5 Å². The standard InChI is InChI=1S/C12H16N2O3/c1-16-8-3-4-9(10(7-8)17-2)11-12(15)14-6-5-13-11/h3-4,7,11,13H,5-6H2,1-2H3,(H,14,15). The summed E-state index contributed by atoms with van der Waals surface area (Å²) in [6.45, 7) is 1.42. The molecule has 1 aliphatic heterocycles. The highest BCUT2D eigenvalue weighted by Gasteiger charge is 2.26. The zero-order valence-electron chi connectivity index (χ0n) is 9.95. The van der Waals surface area contributed by atoms with Crippen molar-refractivity contribution in [2.45, 2.75) is 6.04 Å². The van der Waals surface area contributed by atoms with Gasteiger partial charge in [0.15, 0.2) is 0 Å². The molecule has 1 fully saturated rings. The van der Waals surface area contributed by atoms with Gasteiger partial charge in [-0.3, -0.25) is 4.79 Å². The number of hydrogen-bond acceptors (Lipinski definition) is 4. The maximum Gasteiger partial charge on any atom is 0.241 e. The lowest BCUT2D eigenvalue weighted by molar-refractivity contribution is -0.124. The van der Waals surface area contributed by atoms with Gasteiger partial charge in [-0.05, 0) is 12.1 Å². The van der Waals surface area contributed by atoms with E-state index in [9.17, 15) is 4.79 Å². The van der Waals surface area contributed by atoms with Crippen LogP contribution in [0.2, 0.25) is 0 Å². The fraction of sp³-hybridized carbons (Fsp3) is 0.417. The van der Waals surface area contributed by atoms with Gasteiger partial charge in [0, 0.05) is 24.7 Å². The van der Waals surface area contributed by atoms with Crippen molar-refractivity contribution in [3.63, 3.8) is 0 Å². The van der Waals surface area contributed by atoms with Crippen molar-refractivity contribution < 1.29 is 14.3 Å². The Balaban J connectivity index is 2.33. The first-order valence-electron chi connectivity index (χ1n) is 5.49. The summed E-state index contributed by atoms with van der Waals surface area (Å²) in [7, 11) is 3.18. The lowest BCUT2D eigenvalue weighted by Crippen LogP contribution is -2.47. The van der Waals surface area contributed by atoms with Crippen LogP contribution in [0.3, 0.4) is 0 Å². The Labute approximate surface area is 100 Å². The second kappa shape index (κ2) is 5.05. The first-order chi connectivity index (χ1) is 8.26. The van der Waals surface area contributed by atoms with Gasteiger partial charge in [0.2, 0.25) is 5.91 Å². The van der Waals surface area contributed by atoms with Gasteiger partial charge >= 0.3 is 0 Å². The number of hydrogen-bond donors (Lipinski definition) is 2. The smallest absolute Gasteiger partial charge is 0.241 e. The summed E-state index contributed by atoms with van der Waals surface area (Å²) in [6, 6.07) is 5.09. The Morgan fingerprint density at radius 1 is 1.24 bits per heavy atom. The van der Waals surface area contributed by atoms with Gasteiger partial charge in [0.1, 0.15) is 17.5 Å². The molecule has 1 aliphatic rings. The fourth-order valence-corrected chi connectivity index (χ4v) is 1.91. The molecule has 92 valence electrons. The molecule has 2 N–H and O–H groups in total. The number of piperazine rings is 1. The van der Waals surface area contributed by atoms with E-state index in [1.165, 1.54) is 0 Å². The Bertz CT molecular complexity index is 420. The quantitative estimate of drug-likeness (QED) is 0.800. The summed E-state index contributed by atoms with van der Waals surface area (Å²) < 4.78 is 10.4. The molecule has 0 radical (unpaired) electrons. The van der Waals surface area contributed by atoms with Gasteiger partial charge in [-0.25, -0.2) is 0 Å². The van der Waals surface area contributed by atoms with Crippen molar-refractivity contribution in [1.82, 2.24) is 10.6 Å². The van der Waals surface area contributed by atoms with Crippen LogP contribution < -0.4 is 20.1 Å². The van der Waals surface area contributed by atoms with Crippen LogP contribution in [0.4, 0.5) is 0 Å². The van der Waals surface area contributed by atoms with Gasteiger partial charge in [0.05, 0.1) is 14.2 Å². The number of benzene rings is 1. The lowest BCUT2D eigenvalue weighted by Gasteiger charge is -2.25. The van der Waals surface area contributed by atoms with Crippen LogP contribution >= 0.6 is 0 Å². The number of amides is 1. The summed E-state index contributed by atoms with van der Waals surface area (Å²) in [5.41, 5.74) is 0.825. The largest absolute Gasteiger partial charge is 0.497 e. The van der Waals surface area contributed by atoms with E-state index in [1.54, 1.807) is 20.3 Å². The number of carbonyl (C=O) groups is 1. The maximum absolute atomic E-state index is 11.8. The van der Waals surface area contributed by atoms with E-state index in [0.29, 0.717) is 18.0 Å². The minimum absolute atomic E-state index is 0.0280. The Morgan fingerprint density at radius 3 is 2.71 bits per heavy atom. The topological polar surface area (TPSA) is 59.6 Å². The summed E-state index contributed by atoms with van der Waals surface area (Å²) in [4.78, 5) is 11.8. The van der Waals surface area contributed by atoms with E-state index in [2.05, 4.69) is 10.6 Å². The van der Waals surface area contributed by atoms with Gasteiger partial charge in [-0.1, -0.05) is 0 Å². The molecular formula is C12H16N2O3. The van der Waals surface area contributed by atoms with E-state index in [1.807, 2.05) is 12.1 Å². The molecule has 1 aromatic carbocycles. The first kappa shape index (κ1) is 11.7. The third-order valence-electron chi connectivity index (χ3n) is 2.79. The van der Waals surface area contributed by atoms with Crippen molar-refractivity contribution >= 4 is 5.91 Å². The zero-order chi connectivity index (χ0) is 12.3. The Kier molecular flexibility index (Phi) is 3.49. The third kappa shape index (κ3) is 2.34. The third-order valence-corrected chi connectivity index (χ3v) is 2.79. The van der Waals surface area contributed by atoms with E-state index < -0.39 is 0 Å². The number of methoxy groups -OCH3 is 2. The monoisotopic (exact) mass is 236 g/mol. The van der Waals surface area contributed by atoms with Crippen LogP contribution in [0, 0.1) is 0 Å². The molecule has 17 heavy (non-hydrogen) atoms. The van der Waals surface area contributed by atoms with Gasteiger partial charge < -0.3 is 20.1 Å². The van der Waals surface area contributed by atoms with Crippen LogP contribution in [0.15, 0.2) is 18.2 Å². The molecule has 5 heteroatoms. The molecule has 0 saturated carbocycles. The lowest BCUT2D eigenvalue weighted by atomic mass is 10.0. The second-order valence-electron chi connectivity index (χ2n) is 3.79. The van der Waals surface area contributed by atoms with Crippen molar-refractivity contribution in [3.05, 3.63) is 23.8 Å². The van der Waals surface area contributed by atoms with Gasteiger partial charge in [0.25, 0.3) is 0 Å². The number of carbonyl (C=O) groups excluding carboxylic acids is 1. The summed E-state index contributed by atoms with van der Waals surface area (Å²) >= 11 is 0. The molecular weight excluding hydrogens is 220 g/mol. The molecule has 5 nitrogen and oxygen atoms in total. The van der Waals surface area contributed by atoms with Gasteiger partial charge in [-0.15, -0.1) is 0 Å². The summed E-state index contributed by atoms with van der Waals surface area (Å²) in [6.07, 6.45) is 0. The van der Waals surface area contributed by atoms with E-state index >= 15 is 0 Å². The molecule has 0 spiro atoms. The summed E-state index contributed by atoms with van der Waals surface area (Å²) in [5, 5.41) is 5.99. The highest BCUT2D eigenvalue weighted by atomic mass is 16.5. The molecule has 1 aromatic rings. The molecule has 1 unspecified atom stereocenters. The minimum Gasteiger partial charge on any atom is -0.497 e. The number of ether oxygens (including phenoxy) is 2. The van der Waals surface area contributed by atoms with Crippen molar-refractivity contribution in [3.8, 4) is 11.5 Å². The molecule has 0 aliphatic carbocycles. The highest BCUT2D eigenvalue weighted by Crippen LogP contribution is 2.30. The molecule has 1 amide bonds. The van der Waals surface area contributed by atoms with Crippen molar-refractivity contribution in [2.24, 2.45) is 0 Å². The average Bonchev–Trinajstić information content (AvgIpc) is 2.38. The second-order valence-corrected chi connectivity index (χ2v) is 3.79. The normalized spacial score (nSPS) is 19.6. The van der Waals surface area contributed by atoms with Crippen LogP contribution in [-0.4, -0.2) is 33.2 Å². The number of nitrogens with one attached hydrogen (secondary N) is 2. The predicted molar refractivity (Wildman–Crippen MR) is 63.3 cm³/mol. The van der Waals surface area contributed by atoms with Crippen molar-refractivity contribution in [1.29, 1.82) is 0 Å². The Hall–Kier alpha value is -1.75. The molecule has 1 atom stereocenters. The molecule has 1 saturated heterocycles. The van der Waals surface area contributed by atoms with E-state index in [-0.39, 0.29) is 11.9 Å². The fourth-order valence-electron chi connectivity index (χ4n) is 1.91. The molecule has 0 aromatic heterocycles. The van der Waals surface area contributed by atoms with Crippen LogP contribution in [0.25, 0.3) is 0 Å². The maximum atomic E-state index is 11.8. The minimum atomic E-state index is -0.357. The molecule has 2 rings (SSSR count). The highest BCUT2D eigenvalue weighted by molar-refractivity contribution is 5.84. The van der Waals surface area contributed by atoms with Crippen molar-refractivity contribution in [2.75, 3.05) is 27.3 Å². The van der Waals surface area contributed by atoms with Crippen LogP contribution in [-0.2, 0) is 4.79 Å². The van der Waals surface area contributed by atoms with Gasteiger partial charge in [-0.2, -0.15) is 0 Å². The Morgan fingerprint density at radius 2 is 2.06 bits per heavy atom. The van der Waals surface area contributed by atoms with Crippen LogP contribution in [0.1, 0.15) is 11.6 Å². The average molecular weight is 236 g/mol. The molecule has 0 bridgehead atoms. The van der Waals surface area contributed by atoms with E-state index in [0.717, 1.165) is 12.1 Å². The molecule has 1 heterocycles. The SMILES string of the molecule is COc1ccc(C2NCCNC2=O)c(OC)c1. The first-order valence-corrected chi connectivity index (χ1v) is 5.49. The predicted octanol–water partition coefficient (Wildman–Crippen LogP) is 0.464. The number of rotatable bonds is 3. The zero-order valence-corrected chi connectivity index (χ0v) is 9.95.